The molecule has 0 bridgehead atoms. The Morgan fingerprint density at radius 3 is 2.77 bits per heavy atom. The van der Waals surface area contributed by atoms with E-state index in [-0.39, 0.29) is 5.91 Å². The number of allylic oxidation sites excluding steroid dienone is 1. The van der Waals surface area contributed by atoms with Gasteiger partial charge in [0.05, 0.1) is 11.9 Å². The van der Waals surface area contributed by atoms with Crippen LogP contribution in [0.4, 0.5) is 5.69 Å². The third-order valence-corrected chi connectivity index (χ3v) is 4.80. The smallest absolute Gasteiger partial charge is 0.250 e. The molecule has 0 saturated carbocycles. The van der Waals surface area contributed by atoms with Crippen LogP contribution >= 0.6 is 0 Å². The summed E-state index contributed by atoms with van der Waals surface area (Å²) < 4.78 is 0. The summed E-state index contributed by atoms with van der Waals surface area (Å²) in [6, 6.07) is 9.61. The van der Waals surface area contributed by atoms with E-state index in [9.17, 15) is 4.79 Å². The highest BCUT2D eigenvalue weighted by Crippen LogP contribution is 2.31. The van der Waals surface area contributed by atoms with Crippen molar-refractivity contribution in [2.75, 3.05) is 11.9 Å². The summed E-state index contributed by atoms with van der Waals surface area (Å²) in [5.74, 6) is -0.121. The highest BCUT2D eigenvalue weighted by Gasteiger charge is 2.12. The molecule has 4 rings (SSSR count). The molecule has 7 heteroatoms. The molecule has 1 amide bonds. The number of aromatic amines is 1. The van der Waals surface area contributed by atoms with Gasteiger partial charge in [0.15, 0.2) is 0 Å². The van der Waals surface area contributed by atoms with Gasteiger partial charge >= 0.3 is 0 Å². The highest BCUT2D eigenvalue weighted by atomic mass is 16.2. The monoisotopic (exact) mass is 394 g/mol. The van der Waals surface area contributed by atoms with Crippen LogP contribution < -0.4 is 4.90 Å². The van der Waals surface area contributed by atoms with Gasteiger partial charge in [-0.05, 0) is 42.8 Å². The van der Waals surface area contributed by atoms with Crippen LogP contribution in [0.5, 0.6) is 0 Å². The lowest BCUT2D eigenvalue weighted by Crippen LogP contribution is -2.24. The zero-order chi connectivity index (χ0) is 21.1. The Hall–Kier alpha value is -4.31. The molecule has 0 fully saturated rings. The second-order valence-corrected chi connectivity index (χ2v) is 6.69. The zero-order valence-electron chi connectivity index (χ0n) is 16.5. The molecule has 0 aliphatic carbocycles. The zero-order valence-corrected chi connectivity index (χ0v) is 16.5. The first-order valence-corrected chi connectivity index (χ1v) is 9.30. The second-order valence-electron chi connectivity index (χ2n) is 6.69. The van der Waals surface area contributed by atoms with E-state index in [2.05, 4.69) is 26.0 Å². The summed E-state index contributed by atoms with van der Waals surface area (Å²) in [6.45, 7) is 1.80. The van der Waals surface area contributed by atoms with Gasteiger partial charge in [0.25, 0.3) is 0 Å². The van der Waals surface area contributed by atoms with Crippen molar-refractivity contribution < 1.29 is 4.79 Å². The average molecular weight is 394 g/mol. The number of amides is 1. The second kappa shape index (κ2) is 7.97. The minimum atomic E-state index is -0.121. The van der Waals surface area contributed by atoms with Gasteiger partial charge < -0.3 is 9.88 Å². The minimum absolute atomic E-state index is 0.121. The Morgan fingerprint density at radius 2 is 1.97 bits per heavy atom. The standard InChI is InChI=1S/C23H18N6O/c1-3-4-22(30)29(2)19-8-16(11-25-13-19)17-9-20-21(14-28-23(20)27-12-17)15-5-6-26-18(7-15)10-24/h3-9,11-14H,1-2H3,(H,27,28)/b4-3+. The Kier molecular flexibility index (Phi) is 5.06. The van der Waals surface area contributed by atoms with Crippen molar-refractivity contribution in [2.24, 2.45) is 0 Å². The highest BCUT2D eigenvalue weighted by molar-refractivity contribution is 6.01. The first-order valence-electron chi connectivity index (χ1n) is 9.30. The van der Waals surface area contributed by atoms with E-state index >= 15 is 0 Å². The number of hydrogen-bond donors (Lipinski definition) is 1. The SMILES string of the molecule is C/C=C/C(=O)N(C)c1cncc(-c2cnc3[nH]cc(-c4ccnc(C#N)c4)c3c2)c1. The van der Waals surface area contributed by atoms with Crippen LogP contribution in [0.15, 0.2) is 67.4 Å². The maximum absolute atomic E-state index is 12.2. The Labute approximate surface area is 173 Å². The summed E-state index contributed by atoms with van der Waals surface area (Å²) in [5, 5.41) is 10.1. The summed E-state index contributed by atoms with van der Waals surface area (Å²) in [5.41, 5.74) is 5.34. The van der Waals surface area contributed by atoms with Gasteiger partial charge in [0.2, 0.25) is 5.91 Å². The maximum atomic E-state index is 12.2. The molecule has 0 spiro atoms. The number of hydrogen-bond acceptors (Lipinski definition) is 5. The van der Waals surface area contributed by atoms with Crippen LogP contribution in [0.1, 0.15) is 12.6 Å². The number of carbonyl (C=O) groups is 1. The van der Waals surface area contributed by atoms with Crippen LogP contribution in [0.2, 0.25) is 0 Å². The fourth-order valence-electron chi connectivity index (χ4n) is 3.21. The van der Waals surface area contributed by atoms with E-state index in [1.54, 1.807) is 55.8 Å². The van der Waals surface area contributed by atoms with Crippen LogP contribution in [-0.2, 0) is 4.79 Å². The van der Waals surface area contributed by atoms with Crippen molar-refractivity contribution in [3.8, 4) is 28.3 Å². The van der Waals surface area contributed by atoms with E-state index < -0.39 is 0 Å². The number of carbonyl (C=O) groups excluding carboxylic acids is 1. The Morgan fingerprint density at radius 1 is 1.13 bits per heavy atom. The number of likely N-dealkylation sites (N-methyl/N-ethyl adjacent to an activating group) is 1. The lowest BCUT2D eigenvalue weighted by atomic mass is 10.0. The largest absolute Gasteiger partial charge is 0.346 e. The fourth-order valence-corrected chi connectivity index (χ4v) is 3.21. The van der Waals surface area contributed by atoms with Gasteiger partial charge in [-0.2, -0.15) is 5.26 Å². The van der Waals surface area contributed by atoms with Gasteiger partial charge in [-0.15, -0.1) is 0 Å². The molecule has 7 nitrogen and oxygen atoms in total. The van der Waals surface area contributed by atoms with Gasteiger partial charge in [0, 0.05) is 53.9 Å². The predicted octanol–water partition coefficient (Wildman–Crippen LogP) is 4.10. The van der Waals surface area contributed by atoms with Crippen LogP contribution in [-0.4, -0.2) is 32.9 Å². The first kappa shape index (κ1) is 19.0. The normalized spacial score (nSPS) is 11.0. The third kappa shape index (κ3) is 3.54. The molecule has 0 saturated heterocycles. The van der Waals surface area contributed by atoms with Crippen LogP contribution in [0.3, 0.4) is 0 Å². The predicted molar refractivity (Wildman–Crippen MR) is 115 cm³/mol. The lowest BCUT2D eigenvalue weighted by Gasteiger charge is -2.15. The molecule has 1 N–H and O–H groups in total. The quantitative estimate of drug-likeness (QED) is 0.526. The fraction of sp³-hybridized carbons (Fsp3) is 0.0870. The molecule has 4 aromatic rings. The topological polar surface area (TPSA) is 98.6 Å². The molecule has 30 heavy (non-hydrogen) atoms. The van der Waals surface area contributed by atoms with Gasteiger partial charge in [-0.3, -0.25) is 9.78 Å². The number of pyridine rings is 3. The molecule has 0 aromatic carbocycles. The maximum Gasteiger partial charge on any atom is 0.250 e. The number of aromatic nitrogens is 4. The van der Waals surface area contributed by atoms with Crippen molar-refractivity contribution in [2.45, 2.75) is 6.92 Å². The van der Waals surface area contributed by atoms with Crippen molar-refractivity contribution >= 4 is 22.6 Å². The number of H-pyrrole nitrogens is 1. The number of nitriles is 1. The first-order chi connectivity index (χ1) is 14.6. The average Bonchev–Trinajstić information content (AvgIpc) is 3.22. The molecule has 0 unspecified atom stereocenters. The molecule has 4 aromatic heterocycles. The summed E-state index contributed by atoms with van der Waals surface area (Å²) in [6.07, 6.45) is 11.9. The molecule has 4 heterocycles. The Bertz CT molecular complexity index is 1310. The number of rotatable bonds is 4. The summed E-state index contributed by atoms with van der Waals surface area (Å²) in [4.78, 5) is 29.7. The van der Waals surface area contributed by atoms with E-state index in [4.69, 9.17) is 5.26 Å². The van der Waals surface area contributed by atoms with E-state index in [1.807, 2.05) is 24.4 Å². The van der Waals surface area contributed by atoms with Gasteiger partial charge in [-0.1, -0.05) is 6.08 Å². The summed E-state index contributed by atoms with van der Waals surface area (Å²) >= 11 is 0. The van der Waals surface area contributed by atoms with Crippen molar-refractivity contribution in [3.63, 3.8) is 0 Å². The number of fused-ring (bicyclic) bond motifs is 1. The number of anilines is 1. The third-order valence-electron chi connectivity index (χ3n) is 4.80. The van der Waals surface area contributed by atoms with E-state index in [0.29, 0.717) is 11.4 Å². The molecule has 0 atom stereocenters. The molecule has 0 aliphatic rings. The van der Waals surface area contributed by atoms with Crippen molar-refractivity contribution in [3.05, 3.63) is 73.1 Å². The molecular weight excluding hydrogens is 376 g/mol. The van der Waals surface area contributed by atoms with Crippen LogP contribution in [0, 0.1) is 11.3 Å². The van der Waals surface area contributed by atoms with E-state index in [1.165, 1.54) is 6.08 Å². The summed E-state index contributed by atoms with van der Waals surface area (Å²) in [7, 11) is 1.71. The molecule has 146 valence electrons. The minimum Gasteiger partial charge on any atom is -0.346 e. The molecule has 0 radical (unpaired) electrons. The Balaban J connectivity index is 1.77. The number of nitrogens with zero attached hydrogens (tertiary/aromatic N) is 5. The van der Waals surface area contributed by atoms with Gasteiger partial charge in [0.1, 0.15) is 17.4 Å². The number of nitrogens with one attached hydrogen (secondary N) is 1. The molecular formula is C23H18N6O. The lowest BCUT2D eigenvalue weighted by molar-refractivity contribution is -0.113. The van der Waals surface area contributed by atoms with Crippen molar-refractivity contribution in [1.29, 1.82) is 5.26 Å². The van der Waals surface area contributed by atoms with Crippen molar-refractivity contribution in [1.82, 2.24) is 19.9 Å². The van der Waals surface area contributed by atoms with Crippen LogP contribution in [0.25, 0.3) is 33.3 Å². The van der Waals surface area contributed by atoms with E-state index in [0.717, 1.165) is 33.3 Å². The van der Waals surface area contributed by atoms with Gasteiger partial charge in [-0.25, -0.2) is 9.97 Å². The molecule has 0 aliphatic heterocycles.